The van der Waals surface area contributed by atoms with E-state index in [1.807, 2.05) is 0 Å². The van der Waals surface area contributed by atoms with Crippen LogP contribution in [0.5, 0.6) is 0 Å². The van der Waals surface area contributed by atoms with Gasteiger partial charge in [-0.25, -0.2) is 0 Å². The SMILES string of the molecule is CC(CNC(=O)C1(N)CC1)CC(=O)O. The number of nitrogens with one attached hydrogen (secondary N) is 1. The van der Waals surface area contributed by atoms with E-state index in [4.69, 9.17) is 10.8 Å². The second-order valence-corrected chi connectivity index (χ2v) is 4.07. The highest BCUT2D eigenvalue weighted by atomic mass is 16.4. The Morgan fingerprint density at radius 2 is 2.14 bits per heavy atom. The van der Waals surface area contributed by atoms with E-state index in [1.165, 1.54) is 0 Å². The summed E-state index contributed by atoms with van der Waals surface area (Å²) in [5.74, 6) is -1.06. The van der Waals surface area contributed by atoms with E-state index in [1.54, 1.807) is 6.92 Å². The maximum absolute atomic E-state index is 11.3. The number of rotatable bonds is 5. The smallest absolute Gasteiger partial charge is 0.303 e. The Bertz CT molecular complexity index is 248. The molecule has 0 bridgehead atoms. The molecule has 5 nitrogen and oxygen atoms in total. The van der Waals surface area contributed by atoms with Gasteiger partial charge in [-0.1, -0.05) is 6.92 Å². The molecule has 4 N–H and O–H groups in total. The summed E-state index contributed by atoms with van der Waals surface area (Å²) in [6.07, 6.45) is 1.52. The van der Waals surface area contributed by atoms with Gasteiger partial charge in [0.25, 0.3) is 0 Å². The first kappa shape index (κ1) is 11.0. The largest absolute Gasteiger partial charge is 0.481 e. The molecule has 14 heavy (non-hydrogen) atoms. The third-order valence-electron chi connectivity index (χ3n) is 2.38. The third kappa shape index (κ3) is 2.99. The van der Waals surface area contributed by atoms with E-state index in [0.29, 0.717) is 6.54 Å². The molecule has 0 radical (unpaired) electrons. The lowest BCUT2D eigenvalue weighted by molar-refractivity contribution is -0.138. The molecule has 0 aromatic heterocycles. The van der Waals surface area contributed by atoms with Gasteiger partial charge in [0.05, 0.1) is 5.54 Å². The number of amides is 1. The van der Waals surface area contributed by atoms with E-state index >= 15 is 0 Å². The normalized spacial score (nSPS) is 19.9. The summed E-state index contributed by atoms with van der Waals surface area (Å²) in [7, 11) is 0. The number of carboxylic acids is 1. The van der Waals surface area contributed by atoms with Crippen molar-refractivity contribution >= 4 is 11.9 Å². The van der Waals surface area contributed by atoms with Crippen LogP contribution in [-0.2, 0) is 9.59 Å². The first-order chi connectivity index (χ1) is 6.44. The molecule has 1 saturated carbocycles. The highest BCUT2D eigenvalue weighted by Gasteiger charge is 2.45. The predicted octanol–water partition coefficient (Wildman–Crippen LogP) is -0.295. The van der Waals surface area contributed by atoms with Gasteiger partial charge < -0.3 is 16.2 Å². The van der Waals surface area contributed by atoms with Gasteiger partial charge in [0.2, 0.25) is 5.91 Å². The van der Waals surface area contributed by atoms with Crippen LogP contribution in [0.4, 0.5) is 0 Å². The Hall–Kier alpha value is -1.10. The molecule has 0 aromatic rings. The highest BCUT2D eigenvalue weighted by molar-refractivity contribution is 5.88. The summed E-state index contributed by atoms with van der Waals surface area (Å²) in [6, 6.07) is 0. The topological polar surface area (TPSA) is 92.4 Å². The van der Waals surface area contributed by atoms with Crippen LogP contribution in [-0.4, -0.2) is 29.1 Å². The van der Waals surface area contributed by atoms with Crippen molar-refractivity contribution < 1.29 is 14.7 Å². The van der Waals surface area contributed by atoms with Crippen LogP contribution >= 0.6 is 0 Å². The number of carbonyl (C=O) groups is 2. The molecule has 80 valence electrons. The maximum atomic E-state index is 11.3. The first-order valence-electron chi connectivity index (χ1n) is 4.73. The van der Waals surface area contributed by atoms with Crippen LogP contribution in [0.3, 0.4) is 0 Å². The molecule has 1 amide bonds. The monoisotopic (exact) mass is 200 g/mol. The Morgan fingerprint density at radius 1 is 1.57 bits per heavy atom. The standard InChI is InChI=1S/C9H16N2O3/c1-6(4-7(12)13)5-11-8(14)9(10)2-3-9/h6H,2-5,10H2,1H3,(H,11,14)(H,12,13). The van der Waals surface area contributed by atoms with Crippen molar-refractivity contribution in [1.29, 1.82) is 0 Å². The molecule has 1 fully saturated rings. The summed E-state index contributed by atoms with van der Waals surface area (Å²) in [4.78, 5) is 21.7. The van der Waals surface area contributed by atoms with Gasteiger partial charge in [0.1, 0.15) is 0 Å². The van der Waals surface area contributed by atoms with Crippen molar-refractivity contribution in [2.24, 2.45) is 11.7 Å². The van der Waals surface area contributed by atoms with Crippen LogP contribution in [0.25, 0.3) is 0 Å². The number of carboxylic acid groups (broad SMARTS) is 1. The fraction of sp³-hybridized carbons (Fsp3) is 0.778. The van der Waals surface area contributed by atoms with Crippen molar-refractivity contribution in [2.75, 3.05) is 6.54 Å². The van der Waals surface area contributed by atoms with Crippen molar-refractivity contribution in [3.8, 4) is 0 Å². The summed E-state index contributed by atoms with van der Waals surface area (Å²) >= 11 is 0. The van der Waals surface area contributed by atoms with Gasteiger partial charge in [0, 0.05) is 13.0 Å². The average molecular weight is 200 g/mol. The van der Waals surface area contributed by atoms with Crippen LogP contribution in [0, 0.1) is 5.92 Å². The molecule has 1 atom stereocenters. The van der Waals surface area contributed by atoms with Gasteiger partial charge in [-0.15, -0.1) is 0 Å². The van der Waals surface area contributed by atoms with Crippen molar-refractivity contribution in [3.63, 3.8) is 0 Å². The Labute approximate surface area is 82.7 Å². The van der Waals surface area contributed by atoms with Gasteiger partial charge in [-0.3, -0.25) is 9.59 Å². The maximum Gasteiger partial charge on any atom is 0.303 e. The first-order valence-corrected chi connectivity index (χ1v) is 4.73. The molecule has 0 saturated heterocycles. The number of carbonyl (C=O) groups excluding carboxylic acids is 1. The molecule has 0 heterocycles. The molecule has 5 heteroatoms. The summed E-state index contributed by atoms with van der Waals surface area (Å²) in [5, 5.41) is 11.1. The zero-order chi connectivity index (χ0) is 10.8. The summed E-state index contributed by atoms with van der Waals surface area (Å²) < 4.78 is 0. The van der Waals surface area contributed by atoms with Crippen LogP contribution in [0.1, 0.15) is 26.2 Å². The van der Waals surface area contributed by atoms with Crippen LogP contribution in [0.2, 0.25) is 0 Å². The number of nitrogens with two attached hydrogens (primary N) is 1. The molecule has 0 spiro atoms. The van der Waals surface area contributed by atoms with E-state index < -0.39 is 11.5 Å². The van der Waals surface area contributed by atoms with Gasteiger partial charge in [0.15, 0.2) is 0 Å². The molecule has 1 aliphatic rings. The van der Waals surface area contributed by atoms with E-state index in [0.717, 1.165) is 12.8 Å². The summed E-state index contributed by atoms with van der Waals surface area (Å²) in [5.41, 5.74) is 4.99. The minimum atomic E-state index is -0.847. The van der Waals surface area contributed by atoms with Gasteiger partial charge >= 0.3 is 5.97 Å². The fourth-order valence-corrected chi connectivity index (χ4v) is 1.17. The lowest BCUT2D eigenvalue weighted by Crippen LogP contribution is -2.44. The quantitative estimate of drug-likeness (QED) is 0.568. The van der Waals surface area contributed by atoms with E-state index in [2.05, 4.69) is 5.32 Å². The fourth-order valence-electron chi connectivity index (χ4n) is 1.17. The molecular formula is C9H16N2O3. The Balaban J connectivity index is 2.20. The second-order valence-electron chi connectivity index (χ2n) is 4.07. The average Bonchev–Trinajstić information content (AvgIpc) is 2.79. The predicted molar refractivity (Wildman–Crippen MR) is 50.6 cm³/mol. The lowest BCUT2D eigenvalue weighted by atomic mass is 10.1. The van der Waals surface area contributed by atoms with Crippen molar-refractivity contribution in [1.82, 2.24) is 5.32 Å². The molecule has 1 rings (SSSR count). The zero-order valence-electron chi connectivity index (χ0n) is 8.25. The third-order valence-corrected chi connectivity index (χ3v) is 2.38. The number of hydrogen-bond acceptors (Lipinski definition) is 3. The van der Waals surface area contributed by atoms with E-state index in [9.17, 15) is 9.59 Å². The minimum Gasteiger partial charge on any atom is -0.481 e. The molecule has 1 aliphatic carbocycles. The second kappa shape index (κ2) is 3.96. The van der Waals surface area contributed by atoms with Crippen molar-refractivity contribution in [3.05, 3.63) is 0 Å². The minimum absolute atomic E-state index is 0.0567. The van der Waals surface area contributed by atoms with Crippen LogP contribution in [0.15, 0.2) is 0 Å². The molecule has 1 unspecified atom stereocenters. The van der Waals surface area contributed by atoms with Crippen molar-refractivity contribution in [2.45, 2.75) is 31.7 Å². The van der Waals surface area contributed by atoms with Crippen LogP contribution < -0.4 is 11.1 Å². The van der Waals surface area contributed by atoms with Gasteiger partial charge in [-0.2, -0.15) is 0 Å². The zero-order valence-corrected chi connectivity index (χ0v) is 8.25. The number of hydrogen-bond donors (Lipinski definition) is 3. The molecule has 0 aromatic carbocycles. The van der Waals surface area contributed by atoms with E-state index in [-0.39, 0.29) is 18.2 Å². The number of aliphatic carboxylic acids is 1. The summed E-state index contributed by atoms with van der Waals surface area (Å²) in [6.45, 7) is 2.16. The highest BCUT2D eigenvalue weighted by Crippen LogP contribution is 2.32. The molecular weight excluding hydrogens is 184 g/mol. The van der Waals surface area contributed by atoms with Gasteiger partial charge in [-0.05, 0) is 18.8 Å². The lowest BCUT2D eigenvalue weighted by Gasteiger charge is -2.13. The molecule has 0 aliphatic heterocycles. The Morgan fingerprint density at radius 3 is 2.57 bits per heavy atom. The Kier molecular flexibility index (Phi) is 3.10.